The van der Waals surface area contributed by atoms with E-state index >= 15 is 0 Å². The van der Waals surface area contributed by atoms with Gasteiger partial charge in [-0.2, -0.15) is 5.26 Å². The van der Waals surface area contributed by atoms with Gasteiger partial charge in [-0.25, -0.2) is 0 Å². The molecule has 1 fully saturated rings. The summed E-state index contributed by atoms with van der Waals surface area (Å²) in [6.45, 7) is 3.23. The number of hydrogen-bond donors (Lipinski definition) is 0. The molecule has 0 radical (unpaired) electrons. The van der Waals surface area contributed by atoms with Gasteiger partial charge < -0.3 is 4.90 Å². The van der Waals surface area contributed by atoms with Gasteiger partial charge in [0, 0.05) is 17.6 Å². The van der Waals surface area contributed by atoms with E-state index in [1.54, 1.807) is 6.07 Å². The molecule has 0 unspecified atom stereocenters. The van der Waals surface area contributed by atoms with Crippen LogP contribution in [-0.2, 0) is 0 Å². The fourth-order valence-corrected chi connectivity index (χ4v) is 2.23. The molecular weight excluding hydrogens is 232 g/mol. The Balaban J connectivity index is 2.25. The number of benzene rings is 1. The predicted molar refractivity (Wildman–Crippen MR) is 71.4 cm³/mol. The Morgan fingerprint density at radius 2 is 2.24 bits per heavy atom. The van der Waals surface area contributed by atoms with Crippen molar-refractivity contribution in [1.29, 1.82) is 5.26 Å². The first kappa shape index (κ1) is 12.3. The fraction of sp³-hybridized carbons (Fsp3) is 0.500. The van der Waals surface area contributed by atoms with Crippen LogP contribution in [0, 0.1) is 11.3 Å². The lowest BCUT2D eigenvalue weighted by atomic mass is 10.1. The van der Waals surface area contributed by atoms with Crippen LogP contribution in [0.25, 0.3) is 0 Å². The van der Waals surface area contributed by atoms with Crippen LogP contribution in [0.15, 0.2) is 18.2 Å². The second-order valence-electron chi connectivity index (χ2n) is 4.55. The van der Waals surface area contributed by atoms with Crippen molar-refractivity contribution in [2.24, 2.45) is 0 Å². The Bertz CT molecular complexity index is 432. The molecule has 0 bridgehead atoms. The molecule has 0 amide bonds. The van der Waals surface area contributed by atoms with Crippen LogP contribution in [0.3, 0.4) is 0 Å². The normalized spacial score (nSPS) is 14.4. The van der Waals surface area contributed by atoms with Crippen molar-refractivity contribution < 1.29 is 0 Å². The Morgan fingerprint density at radius 3 is 2.82 bits per heavy atom. The Labute approximate surface area is 108 Å². The maximum Gasteiger partial charge on any atom is 0.101 e. The highest BCUT2D eigenvalue weighted by Crippen LogP contribution is 2.34. The number of rotatable bonds is 5. The zero-order valence-electron chi connectivity index (χ0n) is 10.1. The van der Waals surface area contributed by atoms with Crippen molar-refractivity contribution in [3.63, 3.8) is 0 Å². The quantitative estimate of drug-likeness (QED) is 0.788. The van der Waals surface area contributed by atoms with Crippen LogP contribution in [0.4, 0.5) is 5.69 Å². The number of hydrogen-bond acceptors (Lipinski definition) is 2. The second-order valence-corrected chi connectivity index (χ2v) is 4.99. The summed E-state index contributed by atoms with van der Waals surface area (Å²) in [7, 11) is 0. The number of anilines is 1. The summed E-state index contributed by atoms with van der Waals surface area (Å²) in [4.78, 5) is 2.37. The number of nitriles is 1. The van der Waals surface area contributed by atoms with Gasteiger partial charge in [0.25, 0.3) is 0 Å². The maximum atomic E-state index is 9.18. The summed E-state index contributed by atoms with van der Waals surface area (Å²) >= 11 is 5.93. The lowest BCUT2D eigenvalue weighted by Gasteiger charge is -2.25. The van der Waals surface area contributed by atoms with Gasteiger partial charge in [-0.05, 0) is 37.5 Å². The average molecular weight is 249 g/mol. The first-order valence-electron chi connectivity index (χ1n) is 6.22. The first-order chi connectivity index (χ1) is 8.26. The standard InChI is InChI=1S/C14H17ClN2/c1-2-3-8-17(13-5-6-13)14-7-4-12(15)9-11(14)10-16/h4,7,9,13H,2-3,5-6,8H2,1H3. The minimum atomic E-state index is 0.634. The molecule has 3 heteroatoms. The lowest BCUT2D eigenvalue weighted by Crippen LogP contribution is -2.27. The molecule has 1 aliphatic carbocycles. The van der Waals surface area contributed by atoms with Crippen molar-refractivity contribution in [2.75, 3.05) is 11.4 Å². The summed E-state index contributed by atoms with van der Waals surface area (Å²) in [6.07, 6.45) is 4.84. The van der Waals surface area contributed by atoms with Crippen molar-refractivity contribution >= 4 is 17.3 Å². The zero-order valence-corrected chi connectivity index (χ0v) is 10.9. The zero-order chi connectivity index (χ0) is 12.3. The van der Waals surface area contributed by atoms with Gasteiger partial charge in [0.2, 0.25) is 0 Å². The van der Waals surface area contributed by atoms with E-state index in [1.165, 1.54) is 25.7 Å². The molecule has 0 aliphatic heterocycles. The third kappa shape index (κ3) is 2.92. The summed E-state index contributed by atoms with van der Waals surface area (Å²) < 4.78 is 0. The van der Waals surface area contributed by atoms with E-state index in [0.717, 1.165) is 12.2 Å². The van der Waals surface area contributed by atoms with E-state index in [2.05, 4.69) is 17.9 Å². The topological polar surface area (TPSA) is 27.0 Å². The van der Waals surface area contributed by atoms with Gasteiger partial charge in [0.15, 0.2) is 0 Å². The van der Waals surface area contributed by atoms with Gasteiger partial charge in [0.1, 0.15) is 6.07 Å². The molecular formula is C14H17ClN2. The van der Waals surface area contributed by atoms with E-state index in [1.807, 2.05) is 12.1 Å². The highest BCUT2D eigenvalue weighted by atomic mass is 35.5. The van der Waals surface area contributed by atoms with Gasteiger partial charge >= 0.3 is 0 Å². The first-order valence-corrected chi connectivity index (χ1v) is 6.60. The summed E-state index contributed by atoms with van der Waals surface area (Å²) in [6, 6.07) is 8.50. The highest BCUT2D eigenvalue weighted by Gasteiger charge is 2.30. The van der Waals surface area contributed by atoms with E-state index < -0.39 is 0 Å². The Hall–Kier alpha value is -1.20. The Kier molecular flexibility index (Phi) is 3.91. The van der Waals surface area contributed by atoms with Crippen LogP contribution in [-0.4, -0.2) is 12.6 Å². The van der Waals surface area contributed by atoms with Crippen molar-refractivity contribution in [2.45, 2.75) is 38.6 Å². The second kappa shape index (κ2) is 5.42. The van der Waals surface area contributed by atoms with Crippen molar-refractivity contribution in [3.8, 4) is 6.07 Å². The molecule has 0 spiro atoms. The lowest BCUT2D eigenvalue weighted by molar-refractivity contribution is 0.712. The molecule has 2 rings (SSSR count). The van der Waals surface area contributed by atoms with Crippen molar-refractivity contribution in [1.82, 2.24) is 0 Å². The SMILES string of the molecule is CCCCN(c1ccc(Cl)cc1C#N)C1CC1. The van der Waals surface area contributed by atoms with E-state index in [9.17, 15) is 5.26 Å². The van der Waals surface area contributed by atoms with Crippen LogP contribution >= 0.6 is 11.6 Å². The summed E-state index contributed by atoms with van der Waals surface area (Å²) in [5.74, 6) is 0. The van der Waals surface area contributed by atoms with E-state index in [4.69, 9.17) is 11.6 Å². The largest absolute Gasteiger partial charge is 0.367 e. The van der Waals surface area contributed by atoms with Gasteiger partial charge in [0.05, 0.1) is 11.3 Å². The molecule has 1 aromatic carbocycles. The smallest absolute Gasteiger partial charge is 0.101 e. The third-order valence-corrected chi connectivity index (χ3v) is 3.36. The van der Waals surface area contributed by atoms with Gasteiger partial charge in [-0.3, -0.25) is 0 Å². The molecule has 0 atom stereocenters. The van der Waals surface area contributed by atoms with E-state index in [-0.39, 0.29) is 0 Å². The van der Waals surface area contributed by atoms with Crippen LogP contribution in [0.1, 0.15) is 38.2 Å². The highest BCUT2D eigenvalue weighted by molar-refractivity contribution is 6.30. The van der Waals surface area contributed by atoms with Crippen LogP contribution in [0.2, 0.25) is 5.02 Å². The monoisotopic (exact) mass is 248 g/mol. The number of unbranched alkanes of at least 4 members (excludes halogenated alkanes) is 1. The van der Waals surface area contributed by atoms with E-state index in [0.29, 0.717) is 16.6 Å². The third-order valence-electron chi connectivity index (χ3n) is 3.13. The minimum absolute atomic E-state index is 0.634. The maximum absolute atomic E-state index is 9.18. The van der Waals surface area contributed by atoms with Crippen LogP contribution in [0.5, 0.6) is 0 Å². The molecule has 1 aliphatic rings. The molecule has 0 aromatic heterocycles. The number of halogens is 1. The minimum Gasteiger partial charge on any atom is -0.367 e. The van der Waals surface area contributed by atoms with Gasteiger partial charge in [-0.15, -0.1) is 0 Å². The molecule has 1 saturated carbocycles. The van der Waals surface area contributed by atoms with Gasteiger partial charge in [-0.1, -0.05) is 24.9 Å². The predicted octanol–water partition coefficient (Wildman–Crippen LogP) is 3.98. The van der Waals surface area contributed by atoms with Crippen molar-refractivity contribution in [3.05, 3.63) is 28.8 Å². The molecule has 0 saturated heterocycles. The molecule has 0 N–H and O–H groups in total. The summed E-state index contributed by atoms with van der Waals surface area (Å²) in [5.41, 5.74) is 1.74. The number of nitrogens with zero attached hydrogens (tertiary/aromatic N) is 2. The van der Waals surface area contributed by atoms with Crippen LogP contribution < -0.4 is 4.90 Å². The molecule has 2 nitrogen and oxygen atoms in total. The molecule has 0 heterocycles. The molecule has 17 heavy (non-hydrogen) atoms. The molecule has 1 aromatic rings. The fourth-order valence-electron chi connectivity index (χ4n) is 2.06. The summed E-state index contributed by atoms with van der Waals surface area (Å²) in [5, 5.41) is 9.82. The molecule has 90 valence electrons. The Morgan fingerprint density at radius 1 is 1.47 bits per heavy atom. The average Bonchev–Trinajstić information content (AvgIpc) is 3.15.